The number of hydrogen-bond acceptors (Lipinski definition) is 3. The van der Waals surface area contributed by atoms with E-state index in [1.807, 2.05) is 30.0 Å². The van der Waals surface area contributed by atoms with Crippen molar-refractivity contribution in [1.29, 1.82) is 0 Å². The molecular weight excluding hydrogens is 292 g/mol. The minimum absolute atomic E-state index is 0.0129. The highest BCUT2D eigenvalue weighted by molar-refractivity contribution is 5.86. The van der Waals surface area contributed by atoms with Gasteiger partial charge in [-0.1, -0.05) is 6.07 Å². The number of aryl methyl sites for hydroxylation is 1. The lowest BCUT2D eigenvalue weighted by Crippen LogP contribution is -2.53. The van der Waals surface area contributed by atoms with Crippen molar-refractivity contribution in [2.45, 2.75) is 58.7 Å². The Labute approximate surface area is 137 Å². The predicted octanol–water partition coefficient (Wildman–Crippen LogP) is 1.98. The standard InChI is InChI=1S/C17H26N4O2/c1-12-7-6-9-15(19-12)11-18-17(23)20-14(3)16(22)21-10-5-4-8-13(21)2/h6-7,9,13-14H,4-5,8,10-11H2,1-3H3,(H2,18,20,23)/t13-,14+/m1/s1. The highest BCUT2D eigenvalue weighted by Gasteiger charge is 2.27. The monoisotopic (exact) mass is 318 g/mol. The van der Waals surface area contributed by atoms with Crippen molar-refractivity contribution in [2.24, 2.45) is 0 Å². The van der Waals surface area contributed by atoms with Crippen LogP contribution in [0.2, 0.25) is 0 Å². The molecule has 0 spiro atoms. The molecule has 23 heavy (non-hydrogen) atoms. The normalized spacial score (nSPS) is 19.1. The van der Waals surface area contributed by atoms with Gasteiger partial charge in [0.05, 0.1) is 12.2 Å². The molecule has 0 aliphatic carbocycles. The van der Waals surface area contributed by atoms with E-state index in [0.717, 1.165) is 37.2 Å². The minimum Gasteiger partial charge on any atom is -0.338 e. The molecule has 0 bridgehead atoms. The average Bonchev–Trinajstić information content (AvgIpc) is 2.53. The van der Waals surface area contributed by atoms with Gasteiger partial charge >= 0.3 is 6.03 Å². The van der Waals surface area contributed by atoms with Crippen LogP contribution in [0.3, 0.4) is 0 Å². The molecular formula is C17H26N4O2. The van der Waals surface area contributed by atoms with E-state index < -0.39 is 6.04 Å². The third-order valence-electron chi connectivity index (χ3n) is 4.18. The van der Waals surface area contributed by atoms with Gasteiger partial charge in [-0.2, -0.15) is 0 Å². The largest absolute Gasteiger partial charge is 0.338 e. The molecule has 2 atom stereocenters. The van der Waals surface area contributed by atoms with Gasteiger partial charge in [-0.05, 0) is 52.2 Å². The maximum Gasteiger partial charge on any atom is 0.315 e. The summed E-state index contributed by atoms with van der Waals surface area (Å²) >= 11 is 0. The number of hydrogen-bond donors (Lipinski definition) is 2. The predicted molar refractivity (Wildman–Crippen MR) is 88.8 cm³/mol. The summed E-state index contributed by atoms with van der Waals surface area (Å²) < 4.78 is 0. The van der Waals surface area contributed by atoms with E-state index in [0.29, 0.717) is 6.54 Å². The zero-order chi connectivity index (χ0) is 16.8. The number of urea groups is 1. The molecule has 1 aliphatic heterocycles. The Morgan fingerprint density at radius 3 is 2.87 bits per heavy atom. The van der Waals surface area contributed by atoms with E-state index in [9.17, 15) is 9.59 Å². The number of carbonyl (C=O) groups excluding carboxylic acids is 2. The zero-order valence-electron chi connectivity index (χ0n) is 14.1. The molecule has 1 saturated heterocycles. The molecule has 0 saturated carbocycles. The van der Waals surface area contributed by atoms with Crippen molar-refractivity contribution in [3.63, 3.8) is 0 Å². The van der Waals surface area contributed by atoms with Gasteiger partial charge in [-0.25, -0.2) is 4.79 Å². The number of pyridine rings is 1. The summed E-state index contributed by atoms with van der Waals surface area (Å²) in [5.41, 5.74) is 1.70. The van der Waals surface area contributed by atoms with E-state index in [1.165, 1.54) is 0 Å². The van der Waals surface area contributed by atoms with E-state index in [1.54, 1.807) is 6.92 Å². The fourth-order valence-electron chi connectivity index (χ4n) is 2.85. The maximum atomic E-state index is 12.4. The van der Waals surface area contributed by atoms with Crippen LogP contribution < -0.4 is 10.6 Å². The van der Waals surface area contributed by atoms with Crippen molar-refractivity contribution in [2.75, 3.05) is 6.54 Å². The van der Waals surface area contributed by atoms with E-state index in [2.05, 4.69) is 22.5 Å². The second-order valence-electron chi connectivity index (χ2n) is 6.20. The Bertz CT molecular complexity index is 561. The smallest absolute Gasteiger partial charge is 0.315 e. The second-order valence-corrected chi connectivity index (χ2v) is 6.20. The molecule has 3 amide bonds. The molecule has 1 aromatic rings. The Hall–Kier alpha value is -2.11. The van der Waals surface area contributed by atoms with Crippen LogP contribution in [-0.2, 0) is 11.3 Å². The van der Waals surface area contributed by atoms with Crippen LogP contribution in [0.25, 0.3) is 0 Å². The third-order valence-corrected chi connectivity index (χ3v) is 4.18. The fraction of sp³-hybridized carbons (Fsp3) is 0.588. The number of nitrogens with zero attached hydrogens (tertiary/aromatic N) is 2. The first-order valence-electron chi connectivity index (χ1n) is 8.24. The van der Waals surface area contributed by atoms with Crippen molar-refractivity contribution >= 4 is 11.9 Å². The Balaban J connectivity index is 1.80. The lowest BCUT2D eigenvalue weighted by Gasteiger charge is -2.35. The molecule has 0 unspecified atom stereocenters. The molecule has 126 valence electrons. The van der Waals surface area contributed by atoms with E-state index in [-0.39, 0.29) is 18.0 Å². The van der Waals surface area contributed by atoms with Gasteiger partial charge in [0, 0.05) is 18.3 Å². The van der Waals surface area contributed by atoms with E-state index >= 15 is 0 Å². The minimum atomic E-state index is -0.527. The van der Waals surface area contributed by atoms with E-state index in [4.69, 9.17) is 0 Å². The average molecular weight is 318 g/mol. The molecule has 1 aliphatic rings. The van der Waals surface area contributed by atoms with Crippen LogP contribution in [0.4, 0.5) is 4.79 Å². The molecule has 6 heteroatoms. The topological polar surface area (TPSA) is 74.3 Å². The van der Waals surface area contributed by atoms with Gasteiger partial charge in [-0.3, -0.25) is 9.78 Å². The van der Waals surface area contributed by atoms with Gasteiger partial charge in [0.1, 0.15) is 6.04 Å². The van der Waals surface area contributed by atoms with Crippen molar-refractivity contribution in [3.05, 3.63) is 29.6 Å². The number of aromatic nitrogens is 1. The lowest BCUT2D eigenvalue weighted by molar-refractivity contribution is -0.136. The van der Waals surface area contributed by atoms with Crippen LogP contribution in [0.15, 0.2) is 18.2 Å². The Morgan fingerprint density at radius 1 is 1.39 bits per heavy atom. The molecule has 2 heterocycles. The molecule has 1 aromatic heterocycles. The van der Waals surface area contributed by atoms with Crippen LogP contribution in [0, 0.1) is 6.92 Å². The highest BCUT2D eigenvalue weighted by atomic mass is 16.2. The highest BCUT2D eigenvalue weighted by Crippen LogP contribution is 2.17. The molecule has 2 N–H and O–H groups in total. The first-order chi connectivity index (χ1) is 11.0. The first kappa shape index (κ1) is 17.2. The van der Waals surface area contributed by atoms with Gasteiger partial charge in [-0.15, -0.1) is 0 Å². The number of nitrogens with one attached hydrogen (secondary N) is 2. The Kier molecular flexibility index (Phi) is 5.96. The van der Waals surface area contributed by atoms with Gasteiger partial charge < -0.3 is 15.5 Å². The second kappa shape index (κ2) is 7.94. The summed E-state index contributed by atoms with van der Waals surface area (Å²) in [7, 11) is 0. The van der Waals surface area contributed by atoms with Gasteiger partial charge in [0.25, 0.3) is 0 Å². The maximum absolute atomic E-state index is 12.4. The molecule has 0 aromatic carbocycles. The van der Waals surface area contributed by atoms with Crippen molar-refractivity contribution in [3.8, 4) is 0 Å². The number of carbonyl (C=O) groups is 2. The Morgan fingerprint density at radius 2 is 2.17 bits per heavy atom. The summed E-state index contributed by atoms with van der Waals surface area (Å²) in [6.45, 7) is 6.82. The lowest BCUT2D eigenvalue weighted by atomic mass is 10.0. The SMILES string of the molecule is Cc1cccc(CNC(=O)N[C@@H](C)C(=O)N2CCCC[C@H]2C)n1. The van der Waals surface area contributed by atoms with Crippen LogP contribution in [0.5, 0.6) is 0 Å². The number of likely N-dealkylation sites (tertiary alicyclic amines) is 1. The number of piperidine rings is 1. The number of amides is 3. The molecule has 6 nitrogen and oxygen atoms in total. The summed E-state index contributed by atoms with van der Waals surface area (Å²) in [5, 5.41) is 5.46. The molecule has 2 rings (SSSR count). The van der Waals surface area contributed by atoms with Gasteiger partial charge in [0.2, 0.25) is 5.91 Å². The summed E-state index contributed by atoms with van der Waals surface area (Å²) in [6, 6.07) is 5.04. The first-order valence-corrected chi connectivity index (χ1v) is 8.24. The van der Waals surface area contributed by atoms with Crippen molar-refractivity contribution < 1.29 is 9.59 Å². The van der Waals surface area contributed by atoms with Crippen LogP contribution in [-0.4, -0.2) is 40.5 Å². The van der Waals surface area contributed by atoms with Gasteiger partial charge in [0.15, 0.2) is 0 Å². The van der Waals surface area contributed by atoms with Crippen molar-refractivity contribution in [1.82, 2.24) is 20.5 Å². The summed E-state index contributed by atoms with van der Waals surface area (Å²) in [4.78, 5) is 30.6. The van der Waals surface area contributed by atoms with Crippen LogP contribution >= 0.6 is 0 Å². The third kappa shape index (κ3) is 4.94. The number of rotatable bonds is 4. The zero-order valence-corrected chi connectivity index (χ0v) is 14.1. The summed E-state index contributed by atoms with van der Waals surface area (Å²) in [6.07, 6.45) is 3.23. The quantitative estimate of drug-likeness (QED) is 0.891. The fourth-order valence-corrected chi connectivity index (χ4v) is 2.85. The summed E-state index contributed by atoms with van der Waals surface area (Å²) in [5.74, 6) is -0.0129. The molecule has 1 fully saturated rings. The van der Waals surface area contributed by atoms with Crippen LogP contribution in [0.1, 0.15) is 44.5 Å². The molecule has 0 radical (unpaired) electrons.